The highest BCUT2D eigenvalue weighted by Crippen LogP contribution is 2.20. The molecule has 4 nitrogen and oxygen atoms in total. The fraction of sp³-hybridized carbons (Fsp3) is 0.714. The third-order valence-electron chi connectivity index (χ3n) is 3.47. The van der Waals surface area contributed by atoms with E-state index in [9.17, 15) is 4.79 Å². The number of thiazole rings is 1. The smallest absolute Gasteiger partial charge is 0.263 e. The second-order valence-corrected chi connectivity index (χ2v) is 6.41. The number of carbonyl (C=O) groups is 1. The molecule has 0 aliphatic carbocycles. The van der Waals surface area contributed by atoms with Gasteiger partial charge in [0, 0.05) is 12.1 Å². The lowest BCUT2D eigenvalue weighted by atomic mass is 10.0. The molecular formula is C14H23N3OS. The molecule has 0 radical (unpaired) electrons. The van der Waals surface area contributed by atoms with Gasteiger partial charge in [0.1, 0.15) is 4.88 Å². The number of carbonyl (C=O) groups excluding carboxylic acids is 1. The zero-order valence-corrected chi connectivity index (χ0v) is 12.8. The van der Waals surface area contributed by atoms with E-state index in [4.69, 9.17) is 0 Å². The quantitative estimate of drug-likeness (QED) is 0.890. The third-order valence-corrected chi connectivity index (χ3v) is 4.69. The number of amides is 1. The Morgan fingerprint density at radius 3 is 3.05 bits per heavy atom. The van der Waals surface area contributed by atoms with Crippen LogP contribution in [0.15, 0.2) is 0 Å². The van der Waals surface area contributed by atoms with Crippen LogP contribution in [0.5, 0.6) is 0 Å². The van der Waals surface area contributed by atoms with Crippen LogP contribution in [0.2, 0.25) is 0 Å². The molecule has 1 aromatic heterocycles. The first-order valence-electron chi connectivity index (χ1n) is 7.10. The van der Waals surface area contributed by atoms with E-state index in [-0.39, 0.29) is 5.91 Å². The first-order chi connectivity index (χ1) is 9.10. The van der Waals surface area contributed by atoms with Crippen LogP contribution >= 0.6 is 11.3 Å². The lowest BCUT2D eigenvalue weighted by Gasteiger charge is -2.28. The van der Waals surface area contributed by atoms with Gasteiger partial charge in [-0.15, -0.1) is 11.3 Å². The molecule has 0 spiro atoms. The van der Waals surface area contributed by atoms with Crippen molar-refractivity contribution in [2.45, 2.75) is 58.5 Å². The summed E-state index contributed by atoms with van der Waals surface area (Å²) in [6, 6.07) is 0.775. The molecule has 5 heteroatoms. The zero-order valence-electron chi connectivity index (χ0n) is 12.0. The predicted octanol–water partition coefficient (Wildman–Crippen LogP) is 2.27. The van der Waals surface area contributed by atoms with Gasteiger partial charge in [-0.1, -0.05) is 6.92 Å². The van der Waals surface area contributed by atoms with Crippen LogP contribution < -0.4 is 10.6 Å². The highest BCUT2D eigenvalue weighted by Gasteiger charge is 2.22. The number of nitrogens with one attached hydrogen (secondary N) is 2. The Balaban J connectivity index is 1.99. The van der Waals surface area contributed by atoms with Crippen molar-refractivity contribution >= 4 is 17.2 Å². The monoisotopic (exact) mass is 281 g/mol. The standard InChI is InChI=1S/C14H23N3OS/c1-4-5-12-16-10(3)13(19-12)14(18)17-11-6-7-15-9(2)8-11/h9,11,15H,4-8H2,1-3H3,(H,17,18). The van der Waals surface area contributed by atoms with Crippen molar-refractivity contribution in [1.29, 1.82) is 0 Å². The number of hydrogen-bond donors (Lipinski definition) is 2. The summed E-state index contributed by atoms with van der Waals surface area (Å²) in [5, 5.41) is 7.62. The summed E-state index contributed by atoms with van der Waals surface area (Å²) >= 11 is 1.54. The number of nitrogens with zero attached hydrogens (tertiary/aromatic N) is 1. The lowest BCUT2D eigenvalue weighted by Crippen LogP contribution is -2.46. The van der Waals surface area contributed by atoms with E-state index in [1.807, 2.05) is 6.92 Å². The van der Waals surface area contributed by atoms with Crippen LogP contribution in [-0.4, -0.2) is 29.5 Å². The van der Waals surface area contributed by atoms with Gasteiger partial charge in [0.2, 0.25) is 0 Å². The minimum Gasteiger partial charge on any atom is -0.348 e. The summed E-state index contributed by atoms with van der Waals surface area (Å²) in [5.41, 5.74) is 0.868. The second kappa shape index (κ2) is 6.48. The van der Waals surface area contributed by atoms with Gasteiger partial charge >= 0.3 is 0 Å². The van der Waals surface area contributed by atoms with E-state index in [0.29, 0.717) is 12.1 Å². The maximum Gasteiger partial charge on any atom is 0.263 e. The molecule has 1 saturated heterocycles. The van der Waals surface area contributed by atoms with Crippen molar-refractivity contribution in [2.75, 3.05) is 6.54 Å². The van der Waals surface area contributed by atoms with E-state index in [0.717, 1.165) is 47.8 Å². The fourth-order valence-corrected chi connectivity index (χ4v) is 3.57. The average Bonchev–Trinajstić information content (AvgIpc) is 2.71. The molecule has 1 amide bonds. The molecule has 1 aliphatic rings. The van der Waals surface area contributed by atoms with Gasteiger partial charge in [0.05, 0.1) is 10.7 Å². The van der Waals surface area contributed by atoms with Crippen LogP contribution in [0, 0.1) is 6.92 Å². The van der Waals surface area contributed by atoms with Crippen molar-refractivity contribution < 1.29 is 4.79 Å². The van der Waals surface area contributed by atoms with Crippen LogP contribution in [0.3, 0.4) is 0 Å². The Labute approximate surface area is 119 Å². The second-order valence-electron chi connectivity index (χ2n) is 5.32. The molecule has 1 aromatic rings. The summed E-state index contributed by atoms with van der Waals surface area (Å²) < 4.78 is 0. The van der Waals surface area contributed by atoms with Gasteiger partial charge in [0.15, 0.2) is 0 Å². The molecule has 19 heavy (non-hydrogen) atoms. The predicted molar refractivity (Wildman–Crippen MR) is 78.8 cm³/mol. The van der Waals surface area contributed by atoms with Crippen molar-refractivity contribution in [2.24, 2.45) is 0 Å². The molecule has 1 fully saturated rings. The Morgan fingerprint density at radius 2 is 2.37 bits per heavy atom. The normalized spacial score (nSPS) is 23.3. The van der Waals surface area contributed by atoms with E-state index in [1.54, 1.807) is 11.3 Å². The van der Waals surface area contributed by atoms with Gasteiger partial charge in [0.25, 0.3) is 5.91 Å². The van der Waals surface area contributed by atoms with E-state index < -0.39 is 0 Å². The van der Waals surface area contributed by atoms with Crippen molar-refractivity contribution in [3.8, 4) is 0 Å². The van der Waals surface area contributed by atoms with Gasteiger partial charge in [-0.2, -0.15) is 0 Å². The number of piperidine rings is 1. The topological polar surface area (TPSA) is 54.0 Å². The first kappa shape index (κ1) is 14.5. The number of aromatic nitrogens is 1. The fourth-order valence-electron chi connectivity index (χ4n) is 2.50. The molecular weight excluding hydrogens is 258 g/mol. The van der Waals surface area contributed by atoms with Gasteiger partial charge < -0.3 is 10.6 Å². The molecule has 0 bridgehead atoms. The molecule has 2 N–H and O–H groups in total. The SMILES string of the molecule is CCCc1nc(C)c(C(=O)NC2CCNC(C)C2)s1. The first-order valence-corrected chi connectivity index (χ1v) is 7.92. The van der Waals surface area contributed by atoms with Crippen LogP contribution in [-0.2, 0) is 6.42 Å². The minimum atomic E-state index is 0.0523. The number of rotatable bonds is 4. The van der Waals surface area contributed by atoms with Crippen molar-refractivity contribution in [3.05, 3.63) is 15.6 Å². The molecule has 106 valence electrons. The minimum absolute atomic E-state index is 0.0523. The van der Waals surface area contributed by atoms with Crippen molar-refractivity contribution in [3.63, 3.8) is 0 Å². The van der Waals surface area contributed by atoms with Gasteiger partial charge in [-0.25, -0.2) is 4.98 Å². The highest BCUT2D eigenvalue weighted by molar-refractivity contribution is 7.13. The van der Waals surface area contributed by atoms with Gasteiger partial charge in [-0.05, 0) is 46.1 Å². The summed E-state index contributed by atoms with van der Waals surface area (Å²) in [5.74, 6) is 0.0523. The van der Waals surface area contributed by atoms with E-state index in [1.165, 1.54) is 0 Å². The molecule has 2 atom stereocenters. The van der Waals surface area contributed by atoms with Crippen LogP contribution in [0.25, 0.3) is 0 Å². The molecule has 0 saturated carbocycles. The largest absolute Gasteiger partial charge is 0.348 e. The summed E-state index contributed by atoms with van der Waals surface area (Å²) in [6.45, 7) is 7.20. The summed E-state index contributed by atoms with van der Waals surface area (Å²) in [7, 11) is 0. The zero-order chi connectivity index (χ0) is 13.8. The maximum absolute atomic E-state index is 12.3. The Morgan fingerprint density at radius 1 is 1.58 bits per heavy atom. The molecule has 1 aliphatic heterocycles. The van der Waals surface area contributed by atoms with E-state index >= 15 is 0 Å². The highest BCUT2D eigenvalue weighted by atomic mass is 32.1. The Hall–Kier alpha value is -0.940. The Kier molecular flexibility index (Phi) is 4.93. The third kappa shape index (κ3) is 3.76. The molecule has 0 aromatic carbocycles. The molecule has 2 rings (SSSR count). The maximum atomic E-state index is 12.3. The van der Waals surface area contributed by atoms with E-state index in [2.05, 4.69) is 29.5 Å². The lowest BCUT2D eigenvalue weighted by molar-refractivity contribution is 0.0929. The molecule has 2 heterocycles. The number of aryl methyl sites for hydroxylation is 2. The Bertz CT molecular complexity index is 444. The molecule has 2 unspecified atom stereocenters. The van der Waals surface area contributed by atoms with Crippen LogP contribution in [0.1, 0.15) is 53.5 Å². The number of hydrogen-bond acceptors (Lipinski definition) is 4. The van der Waals surface area contributed by atoms with Crippen molar-refractivity contribution in [1.82, 2.24) is 15.6 Å². The average molecular weight is 281 g/mol. The summed E-state index contributed by atoms with van der Waals surface area (Å²) in [6.07, 6.45) is 4.05. The summed E-state index contributed by atoms with van der Waals surface area (Å²) in [4.78, 5) is 17.6. The van der Waals surface area contributed by atoms with Crippen LogP contribution in [0.4, 0.5) is 0 Å². The van der Waals surface area contributed by atoms with Gasteiger partial charge in [-0.3, -0.25) is 4.79 Å².